The summed E-state index contributed by atoms with van der Waals surface area (Å²) in [6.45, 7) is 4.80. The number of likely N-dealkylation sites (N-methyl/N-ethyl adjacent to an activating group) is 1. The molecular formula is C25H24N2O3. The van der Waals surface area contributed by atoms with Gasteiger partial charge in [0, 0.05) is 17.6 Å². The topological polar surface area (TPSA) is 58.6 Å². The average molecular weight is 400 g/mol. The Hall–Kier alpha value is -3.60. The number of rotatable bonds is 7. The first-order valence-corrected chi connectivity index (χ1v) is 10.2. The van der Waals surface area contributed by atoms with Crippen molar-refractivity contribution in [2.24, 2.45) is 0 Å². The summed E-state index contributed by atoms with van der Waals surface area (Å²) in [7, 11) is 0. The van der Waals surface area contributed by atoms with Gasteiger partial charge in [0.25, 0.3) is 11.8 Å². The maximum absolute atomic E-state index is 13.0. The van der Waals surface area contributed by atoms with E-state index in [1.54, 1.807) is 6.92 Å². The van der Waals surface area contributed by atoms with Crippen LogP contribution < -0.4 is 10.1 Å². The van der Waals surface area contributed by atoms with Gasteiger partial charge < -0.3 is 10.1 Å². The highest BCUT2D eigenvalue weighted by atomic mass is 16.5. The highest BCUT2D eigenvalue weighted by molar-refractivity contribution is 6.36. The standard InChI is InChI=1S/C25H24N2O3/c1-3-16-30-19-14-12-18(13-15-19)22-23(25(29)27(4-2)24(22)28)26-21-11-7-9-17-8-5-6-10-20(17)21/h5-15,26H,3-4,16H2,1-2H3. The van der Waals surface area contributed by atoms with Crippen LogP contribution in [0.3, 0.4) is 0 Å². The fourth-order valence-corrected chi connectivity index (χ4v) is 3.65. The number of carbonyl (C=O) groups excluding carboxylic acids is 2. The van der Waals surface area contributed by atoms with Gasteiger partial charge in [-0.15, -0.1) is 0 Å². The van der Waals surface area contributed by atoms with Crippen molar-refractivity contribution in [1.29, 1.82) is 0 Å². The molecule has 0 radical (unpaired) electrons. The molecule has 1 aliphatic rings. The van der Waals surface area contributed by atoms with Crippen molar-refractivity contribution in [2.45, 2.75) is 20.3 Å². The first-order chi connectivity index (χ1) is 14.6. The van der Waals surface area contributed by atoms with Crippen LogP contribution in [0.25, 0.3) is 16.3 Å². The number of hydrogen-bond donors (Lipinski definition) is 1. The van der Waals surface area contributed by atoms with Crippen LogP contribution in [0, 0.1) is 0 Å². The van der Waals surface area contributed by atoms with Crippen molar-refractivity contribution in [3.63, 3.8) is 0 Å². The summed E-state index contributed by atoms with van der Waals surface area (Å²) in [5.74, 6) is 0.151. The van der Waals surface area contributed by atoms with Crippen molar-refractivity contribution < 1.29 is 14.3 Å². The number of nitrogens with zero attached hydrogens (tertiary/aromatic N) is 1. The molecule has 1 N–H and O–H groups in total. The van der Waals surface area contributed by atoms with Crippen molar-refractivity contribution in [2.75, 3.05) is 18.5 Å². The van der Waals surface area contributed by atoms with Gasteiger partial charge >= 0.3 is 0 Å². The molecule has 2 amide bonds. The summed E-state index contributed by atoms with van der Waals surface area (Å²) in [4.78, 5) is 27.4. The lowest BCUT2D eigenvalue weighted by molar-refractivity contribution is -0.136. The average Bonchev–Trinajstić information content (AvgIpc) is 3.01. The Morgan fingerprint density at radius 3 is 2.33 bits per heavy atom. The fraction of sp³-hybridized carbons (Fsp3) is 0.200. The van der Waals surface area contributed by atoms with E-state index in [4.69, 9.17) is 4.74 Å². The number of benzene rings is 3. The third-order valence-corrected chi connectivity index (χ3v) is 5.15. The van der Waals surface area contributed by atoms with Gasteiger partial charge in [-0.2, -0.15) is 0 Å². The van der Waals surface area contributed by atoms with Gasteiger partial charge in [0.05, 0.1) is 12.2 Å². The zero-order valence-electron chi connectivity index (χ0n) is 17.1. The molecule has 5 heteroatoms. The van der Waals surface area contributed by atoms with E-state index in [1.165, 1.54) is 4.90 Å². The zero-order valence-corrected chi connectivity index (χ0v) is 17.1. The number of nitrogens with one attached hydrogen (secondary N) is 1. The fourth-order valence-electron chi connectivity index (χ4n) is 3.65. The number of imide groups is 1. The number of carbonyl (C=O) groups is 2. The van der Waals surface area contributed by atoms with E-state index in [-0.39, 0.29) is 11.8 Å². The predicted octanol–water partition coefficient (Wildman–Crippen LogP) is 4.84. The summed E-state index contributed by atoms with van der Waals surface area (Å²) in [5, 5.41) is 5.31. The molecule has 1 aliphatic heterocycles. The van der Waals surface area contributed by atoms with E-state index < -0.39 is 0 Å². The molecule has 0 fully saturated rings. The van der Waals surface area contributed by atoms with E-state index in [1.807, 2.05) is 73.7 Å². The number of fused-ring (bicyclic) bond motifs is 1. The molecule has 1 heterocycles. The van der Waals surface area contributed by atoms with Crippen LogP contribution in [0.2, 0.25) is 0 Å². The van der Waals surface area contributed by atoms with Crippen LogP contribution in [-0.2, 0) is 9.59 Å². The SMILES string of the molecule is CCCOc1ccc(C2=C(Nc3cccc4ccccc34)C(=O)N(CC)C2=O)cc1. The van der Waals surface area contributed by atoms with E-state index in [0.717, 1.165) is 28.6 Å². The smallest absolute Gasteiger partial charge is 0.278 e. The quantitative estimate of drug-likeness (QED) is 0.577. The van der Waals surface area contributed by atoms with Crippen LogP contribution in [0.5, 0.6) is 5.75 Å². The lowest BCUT2D eigenvalue weighted by Gasteiger charge is -2.13. The van der Waals surface area contributed by atoms with Gasteiger partial charge in [0.15, 0.2) is 0 Å². The van der Waals surface area contributed by atoms with Gasteiger partial charge in [0.1, 0.15) is 11.4 Å². The Labute approximate surface area is 176 Å². The summed E-state index contributed by atoms with van der Waals surface area (Å²) in [5.41, 5.74) is 2.18. The maximum Gasteiger partial charge on any atom is 0.278 e. The van der Waals surface area contributed by atoms with Gasteiger partial charge in [-0.3, -0.25) is 14.5 Å². The molecule has 4 rings (SSSR count). The lowest BCUT2D eigenvalue weighted by atomic mass is 10.0. The molecule has 0 bridgehead atoms. The molecule has 3 aromatic carbocycles. The second kappa shape index (κ2) is 8.41. The van der Waals surface area contributed by atoms with Crippen LogP contribution >= 0.6 is 0 Å². The second-order valence-corrected chi connectivity index (χ2v) is 7.13. The minimum absolute atomic E-state index is 0.285. The molecule has 5 nitrogen and oxygen atoms in total. The summed E-state index contributed by atoms with van der Waals surface area (Å²) < 4.78 is 5.64. The minimum Gasteiger partial charge on any atom is -0.494 e. The third kappa shape index (κ3) is 3.54. The molecule has 0 aliphatic carbocycles. The molecule has 30 heavy (non-hydrogen) atoms. The van der Waals surface area contributed by atoms with Crippen molar-refractivity contribution in [3.8, 4) is 5.75 Å². The molecule has 152 valence electrons. The van der Waals surface area contributed by atoms with E-state index >= 15 is 0 Å². The molecule has 0 atom stereocenters. The van der Waals surface area contributed by atoms with Gasteiger partial charge in [-0.1, -0.05) is 55.5 Å². The minimum atomic E-state index is -0.309. The van der Waals surface area contributed by atoms with Crippen molar-refractivity contribution >= 4 is 33.8 Å². The molecule has 3 aromatic rings. The molecular weight excluding hydrogens is 376 g/mol. The zero-order chi connectivity index (χ0) is 21.1. The van der Waals surface area contributed by atoms with Gasteiger partial charge in [-0.25, -0.2) is 0 Å². The number of amides is 2. The van der Waals surface area contributed by atoms with Gasteiger partial charge in [-0.05, 0) is 42.5 Å². The van der Waals surface area contributed by atoms with Gasteiger partial charge in [0.2, 0.25) is 0 Å². The number of anilines is 1. The Morgan fingerprint density at radius 1 is 0.867 bits per heavy atom. The number of ether oxygens (including phenoxy) is 1. The van der Waals surface area contributed by atoms with Crippen LogP contribution in [-0.4, -0.2) is 29.9 Å². The molecule has 0 aromatic heterocycles. The third-order valence-electron chi connectivity index (χ3n) is 5.15. The highest BCUT2D eigenvalue weighted by Gasteiger charge is 2.38. The van der Waals surface area contributed by atoms with E-state index in [0.29, 0.717) is 30.0 Å². The molecule has 0 saturated carbocycles. The highest BCUT2D eigenvalue weighted by Crippen LogP contribution is 2.33. The predicted molar refractivity (Wildman–Crippen MR) is 119 cm³/mol. The summed E-state index contributed by atoms with van der Waals surface area (Å²) in [6.07, 6.45) is 0.921. The summed E-state index contributed by atoms with van der Waals surface area (Å²) in [6, 6.07) is 21.1. The monoisotopic (exact) mass is 400 g/mol. The maximum atomic E-state index is 13.0. The van der Waals surface area contributed by atoms with Crippen molar-refractivity contribution in [1.82, 2.24) is 4.90 Å². The molecule has 0 unspecified atom stereocenters. The first-order valence-electron chi connectivity index (χ1n) is 10.2. The largest absolute Gasteiger partial charge is 0.494 e. The van der Waals surface area contributed by atoms with E-state index in [9.17, 15) is 9.59 Å². The van der Waals surface area contributed by atoms with Crippen LogP contribution in [0.1, 0.15) is 25.8 Å². The Balaban J connectivity index is 1.77. The Bertz CT molecular complexity index is 1130. The normalized spacial score (nSPS) is 14.0. The first kappa shape index (κ1) is 19.7. The Kier molecular flexibility index (Phi) is 5.53. The molecule has 0 spiro atoms. The number of hydrogen-bond acceptors (Lipinski definition) is 4. The van der Waals surface area contributed by atoms with Crippen molar-refractivity contribution in [3.05, 3.63) is 78.0 Å². The van der Waals surface area contributed by atoms with E-state index in [2.05, 4.69) is 5.32 Å². The molecule has 0 saturated heterocycles. The Morgan fingerprint density at radius 2 is 1.60 bits per heavy atom. The van der Waals surface area contributed by atoms with Crippen LogP contribution in [0.4, 0.5) is 5.69 Å². The van der Waals surface area contributed by atoms with Crippen LogP contribution in [0.15, 0.2) is 72.4 Å². The second-order valence-electron chi connectivity index (χ2n) is 7.13. The lowest BCUT2D eigenvalue weighted by Crippen LogP contribution is -2.32. The summed E-state index contributed by atoms with van der Waals surface area (Å²) >= 11 is 0.